The first-order valence-electron chi connectivity index (χ1n) is 12.7. The van der Waals surface area contributed by atoms with E-state index in [-0.39, 0.29) is 11.4 Å². The van der Waals surface area contributed by atoms with Crippen LogP contribution in [0.25, 0.3) is 16.6 Å². The van der Waals surface area contributed by atoms with Gasteiger partial charge in [-0.1, -0.05) is 68.2 Å². The van der Waals surface area contributed by atoms with E-state index < -0.39 is 5.60 Å². The molecule has 0 saturated carbocycles. The third-order valence-electron chi connectivity index (χ3n) is 7.02. The van der Waals surface area contributed by atoms with Crippen molar-refractivity contribution in [1.29, 1.82) is 0 Å². The fraction of sp³-hybridized carbons (Fsp3) is 0.300. The smallest absolute Gasteiger partial charge is 0.265 e. The molecule has 5 rings (SSSR count). The van der Waals surface area contributed by atoms with Crippen LogP contribution < -0.4 is 5.56 Å². The predicted octanol–water partition coefficient (Wildman–Crippen LogP) is 6.69. The Kier molecular flexibility index (Phi) is 6.68. The summed E-state index contributed by atoms with van der Waals surface area (Å²) in [5.41, 5.74) is 3.47. The number of fused-ring (bicyclic) bond motifs is 1. The molecule has 1 atom stereocenters. The van der Waals surface area contributed by atoms with Gasteiger partial charge in [-0.05, 0) is 54.8 Å². The average Bonchev–Trinajstić information content (AvgIpc) is 3.36. The van der Waals surface area contributed by atoms with Gasteiger partial charge in [0.25, 0.3) is 5.56 Å². The van der Waals surface area contributed by atoms with E-state index in [1.807, 2.05) is 36.4 Å². The summed E-state index contributed by atoms with van der Waals surface area (Å²) in [4.78, 5) is 24.6. The Morgan fingerprint density at radius 1 is 1.00 bits per heavy atom. The Balaban J connectivity index is 1.55. The molecule has 4 aromatic rings. The highest BCUT2D eigenvalue weighted by atomic mass is 19.1. The Bertz CT molecular complexity index is 1460. The number of halogens is 1. The van der Waals surface area contributed by atoms with Crippen LogP contribution in [0.5, 0.6) is 0 Å². The predicted molar refractivity (Wildman–Crippen MR) is 141 cm³/mol. The van der Waals surface area contributed by atoms with Crippen molar-refractivity contribution in [2.75, 3.05) is 0 Å². The SMILES string of the molecule is CCCCCc1nc2cc(C3=NOC(CC)(c4ccccc4)C3)ccc2c(=O)n1-c1ccc(F)cc1. The average molecular weight is 484 g/mol. The zero-order chi connectivity index (χ0) is 25.1. The molecule has 0 bridgehead atoms. The fourth-order valence-corrected chi connectivity index (χ4v) is 4.89. The van der Waals surface area contributed by atoms with Gasteiger partial charge in [0.15, 0.2) is 5.60 Å². The number of benzene rings is 3. The molecule has 3 aromatic carbocycles. The summed E-state index contributed by atoms with van der Waals surface area (Å²) in [6.45, 7) is 4.25. The van der Waals surface area contributed by atoms with E-state index in [1.165, 1.54) is 12.1 Å². The number of rotatable bonds is 8. The van der Waals surface area contributed by atoms with E-state index in [0.29, 0.717) is 35.3 Å². The lowest BCUT2D eigenvalue weighted by molar-refractivity contribution is -0.0263. The summed E-state index contributed by atoms with van der Waals surface area (Å²) < 4.78 is 15.2. The number of hydrogen-bond donors (Lipinski definition) is 0. The lowest BCUT2D eigenvalue weighted by atomic mass is 9.85. The largest absolute Gasteiger partial charge is 0.384 e. The van der Waals surface area contributed by atoms with Crippen molar-refractivity contribution in [2.45, 2.75) is 58.0 Å². The molecule has 5 nitrogen and oxygen atoms in total. The number of aromatic nitrogens is 2. The Labute approximate surface area is 210 Å². The third kappa shape index (κ3) is 4.43. The van der Waals surface area contributed by atoms with E-state index in [1.54, 1.807) is 16.7 Å². The minimum absolute atomic E-state index is 0.151. The molecule has 0 aliphatic carbocycles. The molecule has 1 unspecified atom stereocenters. The summed E-state index contributed by atoms with van der Waals surface area (Å²) in [5.74, 6) is 0.345. The topological polar surface area (TPSA) is 56.5 Å². The molecule has 1 aromatic heterocycles. The standard InChI is InChI=1S/C30H30FN3O2/c1-3-5-7-12-28-32-26-19-21(27-20-30(4-2,36-33-27)22-10-8-6-9-11-22)13-18-25(26)29(35)34(28)24-16-14-23(31)15-17-24/h6,8-11,13-19H,3-5,7,12,20H2,1-2H3. The van der Waals surface area contributed by atoms with Crippen LogP contribution in [0.1, 0.15) is 62.9 Å². The van der Waals surface area contributed by atoms with Gasteiger partial charge in [-0.3, -0.25) is 9.36 Å². The van der Waals surface area contributed by atoms with Crippen LogP contribution in [-0.4, -0.2) is 15.3 Å². The maximum atomic E-state index is 13.6. The minimum atomic E-state index is -0.490. The number of unbranched alkanes of at least 4 members (excludes halogenated alkanes) is 2. The Morgan fingerprint density at radius 3 is 2.50 bits per heavy atom. The van der Waals surface area contributed by atoms with E-state index in [4.69, 9.17) is 9.82 Å². The van der Waals surface area contributed by atoms with Crippen LogP contribution >= 0.6 is 0 Å². The van der Waals surface area contributed by atoms with Crippen molar-refractivity contribution in [2.24, 2.45) is 5.16 Å². The first-order chi connectivity index (χ1) is 17.5. The number of oxime groups is 1. The molecule has 1 aliphatic heterocycles. The molecular weight excluding hydrogens is 453 g/mol. The Hall–Kier alpha value is -3.80. The molecule has 0 fully saturated rings. The molecule has 184 valence electrons. The van der Waals surface area contributed by atoms with Gasteiger partial charge < -0.3 is 4.84 Å². The third-order valence-corrected chi connectivity index (χ3v) is 7.02. The molecule has 1 aliphatic rings. The van der Waals surface area contributed by atoms with Gasteiger partial charge in [0.05, 0.1) is 22.3 Å². The van der Waals surface area contributed by atoms with Crippen LogP contribution in [0, 0.1) is 5.82 Å². The van der Waals surface area contributed by atoms with Crippen LogP contribution in [0.15, 0.2) is 82.7 Å². The van der Waals surface area contributed by atoms with Gasteiger partial charge in [-0.2, -0.15) is 0 Å². The molecule has 0 saturated heterocycles. The molecule has 0 N–H and O–H groups in total. The Morgan fingerprint density at radius 2 is 1.78 bits per heavy atom. The van der Waals surface area contributed by atoms with Crippen molar-refractivity contribution >= 4 is 16.6 Å². The van der Waals surface area contributed by atoms with Gasteiger partial charge in [0, 0.05) is 18.4 Å². The van der Waals surface area contributed by atoms with Crippen molar-refractivity contribution in [3.05, 3.63) is 106 Å². The van der Waals surface area contributed by atoms with Gasteiger partial charge in [0.2, 0.25) is 0 Å². The second kappa shape index (κ2) is 10.1. The maximum Gasteiger partial charge on any atom is 0.265 e. The molecular formula is C30H30FN3O2. The van der Waals surface area contributed by atoms with E-state index in [0.717, 1.165) is 42.5 Å². The highest BCUT2D eigenvalue weighted by Gasteiger charge is 2.39. The molecule has 0 radical (unpaired) electrons. The molecule has 6 heteroatoms. The number of hydrogen-bond acceptors (Lipinski definition) is 4. The first kappa shape index (κ1) is 23.9. The van der Waals surface area contributed by atoms with Crippen LogP contribution in [-0.2, 0) is 16.9 Å². The summed E-state index contributed by atoms with van der Waals surface area (Å²) in [6, 6.07) is 21.8. The molecule has 36 heavy (non-hydrogen) atoms. The highest BCUT2D eigenvalue weighted by molar-refractivity contribution is 6.04. The molecule has 2 heterocycles. The summed E-state index contributed by atoms with van der Waals surface area (Å²) in [7, 11) is 0. The van der Waals surface area contributed by atoms with Crippen LogP contribution in [0.3, 0.4) is 0 Å². The van der Waals surface area contributed by atoms with Gasteiger partial charge in [-0.15, -0.1) is 0 Å². The number of nitrogens with zero attached hydrogens (tertiary/aromatic N) is 3. The van der Waals surface area contributed by atoms with E-state index in [9.17, 15) is 9.18 Å². The zero-order valence-electron chi connectivity index (χ0n) is 20.7. The zero-order valence-corrected chi connectivity index (χ0v) is 20.7. The highest BCUT2D eigenvalue weighted by Crippen LogP contribution is 2.39. The lowest BCUT2D eigenvalue weighted by Gasteiger charge is -2.25. The van der Waals surface area contributed by atoms with Crippen molar-refractivity contribution < 1.29 is 9.23 Å². The van der Waals surface area contributed by atoms with Gasteiger partial charge in [-0.25, -0.2) is 9.37 Å². The van der Waals surface area contributed by atoms with Crippen LogP contribution in [0.2, 0.25) is 0 Å². The van der Waals surface area contributed by atoms with Gasteiger partial charge in [0.1, 0.15) is 11.6 Å². The van der Waals surface area contributed by atoms with Gasteiger partial charge >= 0.3 is 0 Å². The summed E-state index contributed by atoms with van der Waals surface area (Å²) >= 11 is 0. The van der Waals surface area contributed by atoms with Crippen LogP contribution in [0.4, 0.5) is 4.39 Å². The molecule has 0 spiro atoms. The quantitative estimate of drug-likeness (QED) is 0.263. The minimum Gasteiger partial charge on any atom is -0.384 e. The van der Waals surface area contributed by atoms with Crippen molar-refractivity contribution in [3.8, 4) is 5.69 Å². The second-order valence-electron chi connectivity index (χ2n) is 9.35. The molecule has 0 amide bonds. The monoisotopic (exact) mass is 483 g/mol. The van der Waals surface area contributed by atoms with Crippen molar-refractivity contribution in [1.82, 2.24) is 9.55 Å². The lowest BCUT2D eigenvalue weighted by Crippen LogP contribution is -2.25. The van der Waals surface area contributed by atoms with Crippen molar-refractivity contribution in [3.63, 3.8) is 0 Å². The maximum absolute atomic E-state index is 13.6. The van der Waals surface area contributed by atoms with E-state index >= 15 is 0 Å². The fourth-order valence-electron chi connectivity index (χ4n) is 4.89. The number of aryl methyl sites for hydroxylation is 1. The summed E-state index contributed by atoms with van der Waals surface area (Å²) in [5, 5.41) is 4.98. The second-order valence-corrected chi connectivity index (χ2v) is 9.35. The summed E-state index contributed by atoms with van der Waals surface area (Å²) in [6.07, 6.45) is 5.14. The normalized spacial score (nSPS) is 17.2. The van der Waals surface area contributed by atoms with E-state index in [2.05, 4.69) is 31.1 Å². The first-order valence-corrected chi connectivity index (χ1v) is 12.7.